The first kappa shape index (κ1) is 15.6. The van der Waals surface area contributed by atoms with Crippen LogP contribution in [0.3, 0.4) is 0 Å². The highest BCUT2D eigenvalue weighted by Gasteiger charge is 2.32. The Kier molecular flexibility index (Phi) is 3.27. The van der Waals surface area contributed by atoms with Crippen LogP contribution in [0.1, 0.15) is 11.7 Å². The molecule has 1 aromatic heterocycles. The number of imidazole rings is 1. The van der Waals surface area contributed by atoms with Gasteiger partial charge in [0, 0.05) is 36.0 Å². The van der Waals surface area contributed by atoms with Crippen molar-refractivity contribution in [1.82, 2.24) is 9.55 Å². The Morgan fingerprint density at radius 3 is 2.63 bits per heavy atom. The van der Waals surface area contributed by atoms with Gasteiger partial charge in [-0.05, 0) is 24.3 Å². The fraction of sp³-hybridized carbons (Fsp3) is 0.0952. The van der Waals surface area contributed by atoms with Crippen LogP contribution in [0.5, 0.6) is 0 Å². The zero-order chi connectivity index (χ0) is 18.5. The molecule has 3 aromatic carbocycles. The molecule has 0 radical (unpaired) electrons. The van der Waals surface area contributed by atoms with E-state index in [4.69, 9.17) is 4.98 Å². The standard InChI is InChI=1S/C21H16N4O2/c1-23-18-11-4-2-9-16(18)20-22-17-10-3-5-12-19(17)24(20)21(23)14-7-6-8-15(13-14)25(26)27/h2-13,21H,1H3. The maximum Gasteiger partial charge on any atom is 0.269 e. The minimum absolute atomic E-state index is 0.0886. The van der Waals surface area contributed by atoms with E-state index in [1.165, 1.54) is 6.07 Å². The van der Waals surface area contributed by atoms with Gasteiger partial charge in [-0.25, -0.2) is 4.98 Å². The SMILES string of the molecule is CN1c2ccccc2-c2nc3ccccc3n2C1c1cccc([N+](=O)[O-])c1. The molecule has 132 valence electrons. The van der Waals surface area contributed by atoms with Crippen molar-refractivity contribution in [2.45, 2.75) is 6.17 Å². The first-order valence-electron chi connectivity index (χ1n) is 8.69. The van der Waals surface area contributed by atoms with E-state index < -0.39 is 0 Å². The van der Waals surface area contributed by atoms with Crippen LogP contribution in [-0.4, -0.2) is 21.5 Å². The number of nitrogens with zero attached hydrogens (tertiary/aromatic N) is 4. The number of rotatable bonds is 2. The highest BCUT2D eigenvalue weighted by atomic mass is 16.6. The lowest BCUT2D eigenvalue weighted by atomic mass is 10.0. The third-order valence-corrected chi connectivity index (χ3v) is 5.11. The number of hydrogen-bond donors (Lipinski definition) is 0. The van der Waals surface area contributed by atoms with Gasteiger partial charge in [0.15, 0.2) is 0 Å². The van der Waals surface area contributed by atoms with Gasteiger partial charge in [-0.1, -0.05) is 36.4 Å². The molecular weight excluding hydrogens is 340 g/mol. The molecule has 5 rings (SSSR count). The second-order valence-electron chi connectivity index (χ2n) is 6.65. The fourth-order valence-electron chi connectivity index (χ4n) is 3.93. The fourth-order valence-corrected chi connectivity index (χ4v) is 3.93. The Morgan fingerprint density at radius 2 is 1.78 bits per heavy atom. The van der Waals surface area contributed by atoms with E-state index in [0.29, 0.717) is 0 Å². The van der Waals surface area contributed by atoms with E-state index in [1.807, 2.05) is 49.5 Å². The van der Waals surface area contributed by atoms with Gasteiger partial charge in [0.25, 0.3) is 5.69 Å². The summed E-state index contributed by atoms with van der Waals surface area (Å²) in [6.45, 7) is 0. The Hall–Kier alpha value is -3.67. The summed E-state index contributed by atoms with van der Waals surface area (Å²) >= 11 is 0. The van der Waals surface area contributed by atoms with Crippen LogP contribution in [0.25, 0.3) is 22.4 Å². The number of nitro groups is 1. The zero-order valence-electron chi connectivity index (χ0n) is 14.6. The van der Waals surface area contributed by atoms with E-state index >= 15 is 0 Å². The van der Waals surface area contributed by atoms with Crippen LogP contribution >= 0.6 is 0 Å². The Bertz CT molecular complexity index is 1200. The topological polar surface area (TPSA) is 64.2 Å². The first-order valence-corrected chi connectivity index (χ1v) is 8.69. The lowest BCUT2D eigenvalue weighted by Crippen LogP contribution is -2.34. The molecule has 4 aromatic rings. The summed E-state index contributed by atoms with van der Waals surface area (Å²) in [5.74, 6) is 0.876. The molecule has 2 heterocycles. The third kappa shape index (κ3) is 2.23. The van der Waals surface area contributed by atoms with Crippen LogP contribution in [0.15, 0.2) is 72.8 Å². The highest BCUT2D eigenvalue weighted by Crippen LogP contribution is 2.44. The van der Waals surface area contributed by atoms with E-state index in [-0.39, 0.29) is 16.8 Å². The number of fused-ring (bicyclic) bond motifs is 5. The predicted molar refractivity (Wildman–Crippen MR) is 105 cm³/mol. The van der Waals surface area contributed by atoms with Crippen molar-refractivity contribution in [2.75, 3.05) is 11.9 Å². The largest absolute Gasteiger partial charge is 0.350 e. The number of benzene rings is 3. The van der Waals surface area contributed by atoms with Gasteiger partial charge in [-0.3, -0.25) is 14.7 Å². The summed E-state index contributed by atoms with van der Waals surface area (Å²) in [6, 6.07) is 23.0. The van der Waals surface area contributed by atoms with E-state index in [0.717, 1.165) is 33.7 Å². The molecular formula is C21H16N4O2. The number of anilines is 1. The van der Waals surface area contributed by atoms with Gasteiger partial charge in [-0.15, -0.1) is 0 Å². The van der Waals surface area contributed by atoms with Gasteiger partial charge in [0.2, 0.25) is 0 Å². The molecule has 6 nitrogen and oxygen atoms in total. The molecule has 0 aliphatic carbocycles. The van der Waals surface area contributed by atoms with Crippen LogP contribution in [-0.2, 0) is 0 Å². The molecule has 0 fully saturated rings. The molecule has 1 unspecified atom stereocenters. The van der Waals surface area contributed by atoms with Gasteiger partial charge in [-0.2, -0.15) is 0 Å². The summed E-state index contributed by atoms with van der Waals surface area (Å²) in [7, 11) is 2.01. The maximum absolute atomic E-state index is 11.3. The smallest absolute Gasteiger partial charge is 0.269 e. The molecule has 1 atom stereocenters. The Labute approximate surface area is 155 Å². The quantitative estimate of drug-likeness (QED) is 0.389. The van der Waals surface area contributed by atoms with Crippen LogP contribution < -0.4 is 4.90 Å². The Morgan fingerprint density at radius 1 is 1.00 bits per heavy atom. The highest BCUT2D eigenvalue weighted by molar-refractivity contribution is 5.87. The molecule has 0 N–H and O–H groups in total. The normalized spacial score (nSPS) is 15.4. The summed E-state index contributed by atoms with van der Waals surface area (Å²) in [6.07, 6.45) is -0.220. The average molecular weight is 356 g/mol. The number of para-hydroxylation sites is 3. The second kappa shape index (κ2) is 5.67. The molecule has 0 amide bonds. The summed E-state index contributed by atoms with van der Waals surface area (Å²) in [5, 5.41) is 11.3. The van der Waals surface area contributed by atoms with E-state index in [9.17, 15) is 10.1 Å². The third-order valence-electron chi connectivity index (χ3n) is 5.11. The van der Waals surface area contributed by atoms with Crippen molar-refractivity contribution in [3.05, 3.63) is 88.5 Å². The number of non-ortho nitro benzene ring substituents is 1. The lowest BCUT2D eigenvalue weighted by molar-refractivity contribution is -0.384. The minimum atomic E-state index is -0.354. The van der Waals surface area contributed by atoms with Crippen molar-refractivity contribution >= 4 is 22.4 Å². The van der Waals surface area contributed by atoms with Gasteiger partial charge >= 0.3 is 0 Å². The lowest BCUT2D eigenvalue weighted by Gasteiger charge is -2.38. The molecule has 0 saturated carbocycles. The molecule has 6 heteroatoms. The molecule has 0 spiro atoms. The van der Waals surface area contributed by atoms with Gasteiger partial charge in [0.1, 0.15) is 12.0 Å². The first-order chi connectivity index (χ1) is 13.1. The summed E-state index contributed by atoms with van der Waals surface area (Å²) in [5.41, 5.74) is 4.96. The molecule has 27 heavy (non-hydrogen) atoms. The predicted octanol–water partition coefficient (Wildman–Crippen LogP) is 4.61. The molecule has 1 aliphatic rings. The van der Waals surface area contributed by atoms with Gasteiger partial charge in [0.05, 0.1) is 16.0 Å². The van der Waals surface area contributed by atoms with Crippen molar-refractivity contribution < 1.29 is 4.92 Å². The average Bonchev–Trinajstić information content (AvgIpc) is 3.08. The second-order valence-corrected chi connectivity index (χ2v) is 6.65. The minimum Gasteiger partial charge on any atom is -0.350 e. The van der Waals surface area contributed by atoms with Crippen molar-refractivity contribution in [3.8, 4) is 11.4 Å². The van der Waals surface area contributed by atoms with Gasteiger partial charge < -0.3 is 4.90 Å². The summed E-state index contributed by atoms with van der Waals surface area (Å²) in [4.78, 5) is 18.0. The maximum atomic E-state index is 11.3. The van der Waals surface area contributed by atoms with Crippen LogP contribution in [0, 0.1) is 10.1 Å². The van der Waals surface area contributed by atoms with E-state index in [2.05, 4.69) is 21.6 Å². The van der Waals surface area contributed by atoms with Crippen LogP contribution in [0.2, 0.25) is 0 Å². The van der Waals surface area contributed by atoms with Crippen molar-refractivity contribution in [1.29, 1.82) is 0 Å². The molecule has 0 bridgehead atoms. The number of aromatic nitrogens is 2. The van der Waals surface area contributed by atoms with Crippen molar-refractivity contribution in [3.63, 3.8) is 0 Å². The zero-order valence-corrected chi connectivity index (χ0v) is 14.6. The monoisotopic (exact) mass is 356 g/mol. The number of nitro benzene ring substituents is 1. The number of hydrogen-bond acceptors (Lipinski definition) is 4. The summed E-state index contributed by atoms with van der Waals surface area (Å²) < 4.78 is 2.16. The van der Waals surface area contributed by atoms with Crippen LogP contribution in [0.4, 0.5) is 11.4 Å². The van der Waals surface area contributed by atoms with Crippen molar-refractivity contribution in [2.24, 2.45) is 0 Å². The molecule has 0 saturated heterocycles. The Balaban J connectivity index is 1.83. The van der Waals surface area contributed by atoms with E-state index in [1.54, 1.807) is 12.1 Å². The molecule has 1 aliphatic heterocycles.